The molecule has 1 saturated heterocycles. The Bertz CT molecular complexity index is 566. The molecule has 0 amide bonds. The van der Waals surface area contributed by atoms with Crippen LogP contribution in [0, 0.1) is 6.92 Å². The second-order valence-electron chi connectivity index (χ2n) is 6.68. The van der Waals surface area contributed by atoms with Crippen molar-refractivity contribution >= 4 is 6.21 Å². The molecule has 1 aromatic carbocycles. The molecular weight excluding hydrogens is 306 g/mol. The van der Waals surface area contributed by atoms with Gasteiger partial charge in [0.15, 0.2) is 0 Å². The third-order valence-corrected chi connectivity index (χ3v) is 4.56. The molecule has 0 saturated carbocycles. The lowest BCUT2D eigenvalue weighted by Crippen LogP contribution is -2.28. The van der Waals surface area contributed by atoms with Gasteiger partial charge in [0.05, 0.1) is 0 Å². The Morgan fingerprint density at radius 1 is 1.08 bits per heavy atom. The van der Waals surface area contributed by atoms with Gasteiger partial charge in [-0.25, -0.2) is 4.99 Å². The highest BCUT2D eigenvalue weighted by molar-refractivity contribution is 5.74. The van der Waals surface area contributed by atoms with E-state index < -0.39 is 0 Å². The topological polar surface area (TPSA) is 27.6 Å². The van der Waals surface area contributed by atoms with Crippen molar-refractivity contribution in [2.24, 2.45) is 4.99 Å². The minimum absolute atomic E-state index is 1.05. The molecule has 136 valence electrons. The molecule has 1 aromatic rings. The largest absolute Gasteiger partial charge is 0.357 e. The maximum Gasteiger partial charge on any atom is 0.124 e. The normalized spacial score (nSPS) is 17.1. The van der Waals surface area contributed by atoms with Crippen LogP contribution in [0.25, 0.3) is 0 Å². The van der Waals surface area contributed by atoms with E-state index in [1.165, 1.54) is 49.3 Å². The number of hydrogen-bond donors (Lipinski definition) is 1. The van der Waals surface area contributed by atoms with Crippen molar-refractivity contribution in [2.45, 2.75) is 46.0 Å². The van der Waals surface area contributed by atoms with Gasteiger partial charge in [-0.05, 0) is 64.3 Å². The summed E-state index contributed by atoms with van der Waals surface area (Å²) in [6.45, 7) is 8.71. The van der Waals surface area contributed by atoms with Crippen LogP contribution < -0.4 is 5.32 Å². The van der Waals surface area contributed by atoms with E-state index in [1.807, 2.05) is 24.4 Å². The van der Waals surface area contributed by atoms with Crippen LogP contribution in [0.1, 0.15) is 44.6 Å². The summed E-state index contributed by atoms with van der Waals surface area (Å²) in [5, 5.41) is 3.37. The van der Waals surface area contributed by atoms with Crippen LogP contribution in [0.15, 0.2) is 58.9 Å². The third kappa shape index (κ3) is 7.70. The van der Waals surface area contributed by atoms with E-state index >= 15 is 0 Å². The standard InChI is InChI=1S/C15H25N3.C7H8/c1-2-16-10-8-14-6-7-15(17-11-9-14)18-12-4-3-5-13-18;1-7-5-3-2-4-6-7/h7,9,11,16H,2-6,8,10,12-13H2,1H3;2-6H,1H3. The van der Waals surface area contributed by atoms with Gasteiger partial charge in [-0.1, -0.05) is 48.4 Å². The summed E-state index contributed by atoms with van der Waals surface area (Å²) in [5.74, 6) is 1.18. The van der Waals surface area contributed by atoms with Gasteiger partial charge in [-0.2, -0.15) is 0 Å². The molecule has 3 nitrogen and oxygen atoms in total. The molecular formula is C22H33N3. The lowest BCUT2D eigenvalue weighted by molar-refractivity contribution is 0.282. The van der Waals surface area contributed by atoms with Gasteiger partial charge in [0.1, 0.15) is 5.82 Å². The maximum atomic E-state index is 4.59. The number of hydrogen-bond acceptors (Lipinski definition) is 3. The fourth-order valence-electron chi connectivity index (χ4n) is 3.04. The first-order valence-corrected chi connectivity index (χ1v) is 9.69. The zero-order chi connectivity index (χ0) is 17.7. The summed E-state index contributed by atoms with van der Waals surface area (Å²) >= 11 is 0. The second-order valence-corrected chi connectivity index (χ2v) is 6.68. The number of aliphatic imine (C=N–C) groups is 1. The van der Waals surface area contributed by atoms with Gasteiger partial charge in [0, 0.05) is 19.3 Å². The highest BCUT2D eigenvalue weighted by Gasteiger charge is 2.13. The van der Waals surface area contributed by atoms with Gasteiger partial charge in [0.25, 0.3) is 0 Å². The zero-order valence-electron chi connectivity index (χ0n) is 15.9. The van der Waals surface area contributed by atoms with Gasteiger partial charge < -0.3 is 10.2 Å². The average molecular weight is 340 g/mol. The van der Waals surface area contributed by atoms with Crippen molar-refractivity contribution in [3.05, 3.63) is 59.4 Å². The third-order valence-electron chi connectivity index (χ3n) is 4.56. The summed E-state index contributed by atoms with van der Waals surface area (Å²) in [6, 6.07) is 10.3. The predicted molar refractivity (Wildman–Crippen MR) is 109 cm³/mol. The molecule has 0 spiro atoms. The minimum atomic E-state index is 1.05. The van der Waals surface area contributed by atoms with Crippen molar-refractivity contribution < 1.29 is 0 Å². The lowest BCUT2D eigenvalue weighted by atomic mass is 10.1. The molecule has 0 radical (unpaired) electrons. The molecule has 0 atom stereocenters. The first-order valence-electron chi connectivity index (χ1n) is 9.69. The predicted octanol–water partition coefficient (Wildman–Crippen LogP) is 4.71. The number of rotatable bonds is 5. The first-order chi connectivity index (χ1) is 12.3. The number of benzene rings is 1. The first kappa shape index (κ1) is 19.5. The summed E-state index contributed by atoms with van der Waals surface area (Å²) in [5.41, 5.74) is 2.80. The Morgan fingerprint density at radius 3 is 2.48 bits per heavy atom. The van der Waals surface area contributed by atoms with Gasteiger partial charge in [0.2, 0.25) is 0 Å². The zero-order valence-corrected chi connectivity index (χ0v) is 15.9. The molecule has 2 aliphatic heterocycles. The molecule has 2 heterocycles. The van der Waals surface area contributed by atoms with Crippen LogP contribution in [0.2, 0.25) is 0 Å². The molecule has 0 aliphatic carbocycles. The van der Waals surface area contributed by atoms with Crippen LogP contribution in [0.4, 0.5) is 0 Å². The summed E-state index contributed by atoms with van der Waals surface area (Å²) in [6.07, 6.45) is 12.6. The van der Waals surface area contributed by atoms with Crippen molar-refractivity contribution in [3.63, 3.8) is 0 Å². The van der Waals surface area contributed by atoms with E-state index in [0.29, 0.717) is 0 Å². The Labute approximate surface area is 153 Å². The highest BCUT2D eigenvalue weighted by Crippen LogP contribution is 2.19. The molecule has 1 N–H and O–H groups in total. The summed E-state index contributed by atoms with van der Waals surface area (Å²) in [7, 11) is 0. The van der Waals surface area contributed by atoms with Crippen LogP contribution in [-0.4, -0.2) is 37.3 Å². The number of likely N-dealkylation sites (tertiary alicyclic amines) is 1. The minimum Gasteiger partial charge on any atom is -0.357 e. The SMILES string of the molecule is CCNCCC1=CC=NC(N2CCCCC2)=CC1.Cc1ccccc1. The lowest BCUT2D eigenvalue weighted by Gasteiger charge is -2.28. The van der Waals surface area contributed by atoms with Crippen LogP contribution in [0.3, 0.4) is 0 Å². The Balaban J connectivity index is 0.000000269. The van der Waals surface area contributed by atoms with Crippen LogP contribution >= 0.6 is 0 Å². The number of nitrogens with zero attached hydrogens (tertiary/aromatic N) is 2. The number of allylic oxidation sites excluding steroid dienone is 2. The number of aryl methyl sites for hydroxylation is 1. The summed E-state index contributed by atoms with van der Waals surface area (Å²) < 4.78 is 0. The molecule has 0 bridgehead atoms. The average Bonchev–Trinajstić information content (AvgIpc) is 2.90. The Hall–Kier alpha value is -1.87. The van der Waals surface area contributed by atoms with Gasteiger partial charge >= 0.3 is 0 Å². The Morgan fingerprint density at radius 2 is 1.84 bits per heavy atom. The van der Waals surface area contributed by atoms with E-state index in [-0.39, 0.29) is 0 Å². The van der Waals surface area contributed by atoms with E-state index in [4.69, 9.17) is 0 Å². The van der Waals surface area contributed by atoms with Crippen molar-refractivity contribution in [1.82, 2.24) is 10.2 Å². The molecule has 3 rings (SSSR count). The quantitative estimate of drug-likeness (QED) is 0.787. The van der Waals surface area contributed by atoms with E-state index in [2.05, 4.69) is 53.3 Å². The highest BCUT2D eigenvalue weighted by atomic mass is 15.2. The molecule has 25 heavy (non-hydrogen) atoms. The van der Waals surface area contributed by atoms with Crippen molar-refractivity contribution in [1.29, 1.82) is 0 Å². The van der Waals surface area contributed by atoms with Gasteiger partial charge in [-0.3, -0.25) is 0 Å². The summed E-state index contributed by atoms with van der Waals surface area (Å²) in [4.78, 5) is 7.02. The van der Waals surface area contributed by atoms with Crippen LogP contribution in [-0.2, 0) is 0 Å². The number of nitrogens with one attached hydrogen (secondary N) is 1. The van der Waals surface area contributed by atoms with E-state index in [9.17, 15) is 0 Å². The van der Waals surface area contributed by atoms with Gasteiger partial charge in [-0.15, -0.1) is 0 Å². The fraction of sp³-hybridized carbons (Fsp3) is 0.500. The smallest absolute Gasteiger partial charge is 0.124 e. The van der Waals surface area contributed by atoms with Crippen molar-refractivity contribution in [2.75, 3.05) is 26.2 Å². The monoisotopic (exact) mass is 339 g/mol. The fourth-order valence-corrected chi connectivity index (χ4v) is 3.04. The molecule has 0 aromatic heterocycles. The number of piperidine rings is 1. The maximum absolute atomic E-state index is 4.59. The molecule has 0 unspecified atom stereocenters. The van der Waals surface area contributed by atoms with E-state index in [0.717, 1.165) is 25.9 Å². The van der Waals surface area contributed by atoms with E-state index in [1.54, 1.807) is 0 Å². The van der Waals surface area contributed by atoms with Crippen LogP contribution in [0.5, 0.6) is 0 Å². The second kappa shape index (κ2) is 11.6. The van der Waals surface area contributed by atoms with Crippen molar-refractivity contribution in [3.8, 4) is 0 Å². The molecule has 3 heteroatoms. The molecule has 1 fully saturated rings. The Kier molecular flexibility index (Phi) is 9.06. The molecule has 2 aliphatic rings.